The molecule has 0 aliphatic heterocycles. The highest BCUT2D eigenvalue weighted by Gasteiger charge is 2.16. The molecule has 6 nitrogen and oxygen atoms in total. The first kappa shape index (κ1) is 13.0. The SMILES string of the molecule is [2H]c1nc(NC(=O)OC(C)(C)C)c([2H])c(COCC(C)(C)O)c1[2H]. The Kier molecular flexibility index (Phi) is 4.26. The zero-order chi connectivity index (χ0) is 18.7. The Labute approximate surface area is 129 Å². The molecule has 0 aliphatic carbocycles. The van der Waals surface area contributed by atoms with Crippen LogP contribution in [0, 0.1) is 0 Å². The van der Waals surface area contributed by atoms with E-state index in [4.69, 9.17) is 13.6 Å². The van der Waals surface area contributed by atoms with Gasteiger partial charge in [-0.2, -0.15) is 0 Å². The molecule has 0 bridgehead atoms. The van der Waals surface area contributed by atoms with Crippen LogP contribution >= 0.6 is 0 Å². The van der Waals surface area contributed by atoms with E-state index in [0.29, 0.717) is 0 Å². The van der Waals surface area contributed by atoms with Crippen molar-refractivity contribution in [3.63, 3.8) is 0 Å². The molecule has 0 aromatic carbocycles. The molecule has 1 aromatic heterocycles. The second-order valence-corrected chi connectivity index (χ2v) is 6.23. The minimum atomic E-state index is -1.06. The number of anilines is 1. The van der Waals surface area contributed by atoms with Gasteiger partial charge in [0.05, 0.1) is 22.9 Å². The largest absolute Gasteiger partial charge is 0.444 e. The van der Waals surface area contributed by atoms with Crippen LogP contribution in [0.25, 0.3) is 0 Å². The molecule has 0 spiro atoms. The van der Waals surface area contributed by atoms with E-state index in [-0.39, 0.29) is 42.9 Å². The summed E-state index contributed by atoms with van der Waals surface area (Å²) >= 11 is 0. The fourth-order valence-corrected chi connectivity index (χ4v) is 1.29. The molecule has 0 unspecified atom stereocenters. The van der Waals surface area contributed by atoms with Crippen molar-refractivity contribution in [1.82, 2.24) is 4.98 Å². The molecule has 0 aliphatic rings. The number of aliphatic hydroxyl groups is 1. The van der Waals surface area contributed by atoms with Crippen LogP contribution in [0.1, 0.15) is 44.3 Å². The molecule has 0 fully saturated rings. The molecule has 0 radical (unpaired) electrons. The van der Waals surface area contributed by atoms with Crippen molar-refractivity contribution in [3.05, 3.63) is 23.8 Å². The summed E-state index contributed by atoms with van der Waals surface area (Å²) in [5, 5.41) is 11.9. The second kappa shape index (κ2) is 6.87. The number of rotatable bonds is 5. The standard InChI is InChI=1S/C15H24N2O4/c1-14(2,3)21-13(18)17-12-8-11(6-7-16-12)9-20-10-15(4,5)19/h6-8,19H,9-10H2,1-5H3,(H,16,17,18)/i6D,7D,8D. The van der Waals surface area contributed by atoms with Gasteiger partial charge in [-0.05, 0) is 52.3 Å². The topological polar surface area (TPSA) is 80.7 Å². The lowest BCUT2D eigenvalue weighted by molar-refractivity contribution is -0.0268. The zero-order valence-corrected chi connectivity index (χ0v) is 13.0. The highest BCUT2D eigenvalue weighted by molar-refractivity contribution is 5.83. The number of hydrogen-bond donors (Lipinski definition) is 2. The molecule has 1 heterocycles. The minimum Gasteiger partial charge on any atom is -0.444 e. The van der Waals surface area contributed by atoms with Gasteiger partial charge in [0, 0.05) is 6.17 Å². The van der Waals surface area contributed by atoms with Crippen LogP contribution < -0.4 is 5.32 Å². The first-order chi connectivity index (χ1) is 10.8. The van der Waals surface area contributed by atoms with E-state index in [1.807, 2.05) is 0 Å². The predicted octanol–water partition coefficient (Wildman–Crippen LogP) is 2.72. The molecule has 1 aromatic rings. The summed E-state index contributed by atoms with van der Waals surface area (Å²) in [6.07, 6.45) is -1.19. The van der Waals surface area contributed by atoms with Crippen LogP contribution in [-0.2, 0) is 16.1 Å². The molecule has 1 amide bonds. The van der Waals surface area contributed by atoms with Gasteiger partial charge in [0.25, 0.3) is 0 Å². The maximum Gasteiger partial charge on any atom is 0.413 e. The Balaban J connectivity index is 2.97. The smallest absolute Gasteiger partial charge is 0.413 e. The predicted molar refractivity (Wildman–Crippen MR) is 80.0 cm³/mol. The average molecular weight is 299 g/mol. The molecular formula is C15H24N2O4. The van der Waals surface area contributed by atoms with Gasteiger partial charge in [-0.25, -0.2) is 9.78 Å². The number of ether oxygens (including phenoxy) is 2. The molecule has 0 saturated heterocycles. The Morgan fingerprint density at radius 2 is 2.10 bits per heavy atom. The molecule has 1 rings (SSSR count). The Hall–Kier alpha value is -1.66. The first-order valence-corrected chi connectivity index (χ1v) is 6.57. The lowest BCUT2D eigenvalue weighted by Gasteiger charge is -2.19. The summed E-state index contributed by atoms with van der Waals surface area (Å²) in [7, 11) is 0. The molecule has 6 heteroatoms. The van der Waals surface area contributed by atoms with Crippen molar-refractivity contribution < 1.29 is 23.5 Å². The van der Waals surface area contributed by atoms with E-state index in [2.05, 4.69) is 10.3 Å². The average Bonchev–Trinajstić information content (AvgIpc) is 2.36. The maximum atomic E-state index is 11.8. The number of amides is 1. The van der Waals surface area contributed by atoms with E-state index >= 15 is 0 Å². The minimum absolute atomic E-state index is 0.00361. The van der Waals surface area contributed by atoms with Crippen molar-refractivity contribution in [3.8, 4) is 0 Å². The van der Waals surface area contributed by atoms with Gasteiger partial charge in [0.15, 0.2) is 0 Å². The van der Waals surface area contributed by atoms with Gasteiger partial charge < -0.3 is 14.6 Å². The number of nitrogens with zero attached hydrogens (tertiary/aromatic N) is 1. The molecule has 118 valence electrons. The number of carbonyl (C=O) groups excluding carboxylic acids is 1. The number of nitrogens with one attached hydrogen (secondary N) is 1. The fraction of sp³-hybridized carbons (Fsp3) is 0.600. The monoisotopic (exact) mass is 299 g/mol. The third-order valence-electron chi connectivity index (χ3n) is 1.96. The van der Waals surface area contributed by atoms with Crippen molar-refractivity contribution in [2.45, 2.75) is 52.4 Å². The number of aromatic nitrogens is 1. The Morgan fingerprint density at radius 3 is 2.67 bits per heavy atom. The summed E-state index contributed by atoms with van der Waals surface area (Å²) in [6.45, 7) is 8.05. The van der Waals surface area contributed by atoms with Gasteiger partial charge in [-0.1, -0.05) is 0 Å². The van der Waals surface area contributed by atoms with E-state index in [1.165, 1.54) is 0 Å². The van der Waals surface area contributed by atoms with E-state index in [1.54, 1.807) is 34.6 Å². The van der Waals surface area contributed by atoms with Crippen molar-refractivity contribution in [1.29, 1.82) is 0 Å². The van der Waals surface area contributed by atoms with Gasteiger partial charge in [0.2, 0.25) is 0 Å². The number of carbonyl (C=O) groups is 1. The quantitative estimate of drug-likeness (QED) is 0.873. The van der Waals surface area contributed by atoms with E-state index < -0.39 is 17.3 Å². The summed E-state index contributed by atoms with van der Waals surface area (Å²) in [6, 6.07) is -0.483. The number of hydrogen-bond acceptors (Lipinski definition) is 5. The Morgan fingerprint density at radius 1 is 1.43 bits per heavy atom. The maximum absolute atomic E-state index is 11.8. The molecular weight excluding hydrogens is 272 g/mol. The highest BCUT2D eigenvalue weighted by atomic mass is 16.6. The van der Waals surface area contributed by atoms with Crippen LogP contribution in [0.4, 0.5) is 10.6 Å². The third-order valence-corrected chi connectivity index (χ3v) is 1.96. The molecule has 2 N–H and O–H groups in total. The summed E-state index contributed by atoms with van der Waals surface area (Å²) in [5.41, 5.74) is -1.67. The highest BCUT2D eigenvalue weighted by Crippen LogP contribution is 2.12. The summed E-state index contributed by atoms with van der Waals surface area (Å²) < 4.78 is 34.0. The van der Waals surface area contributed by atoms with Gasteiger partial charge in [-0.3, -0.25) is 5.32 Å². The van der Waals surface area contributed by atoms with Gasteiger partial charge in [-0.15, -0.1) is 0 Å². The van der Waals surface area contributed by atoms with Crippen LogP contribution in [0.15, 0.2) is 18.3 Å². The normalized spacial score (nSPS) is 14.1. The van der Waals surface area contributed by atoms with Crippen LogP contribution in [-0.4, -0.2) is 34.0 Å². The van der Waals surface area contributed by atoms with Crippen LogP contribution in [0.5, 0.6) is 0 Å². The molecule has 21 heavy (non-hydrogen) atoms. The van der Waals surface area contributed by atoms with Crippen LogP contribution in [0.3, 0.4) is 0 Å². The van der Waals surface area contributed by atoms with Crippen molar-refractivity contribution >= 4 is 11.9 Å². The van der Waals surface area contributed by atoms with Crippen LogP contribution in [0.2, 0.25) is 0 Å². The van der Waals surface area contributed by atoms with E-state index in [9.17, 15) is 9.90 Å². The third kappa shape index (κ3) is 8.27. The second-order valence-electron chi connectivity index (χ2n) is 6.23. The fourth-order valence-electron chi connectivity index (χ4n) is 1.29. The Bertz CT molecular complexity index is 610. The van der Waals surface area contributed by atoms with Crippen molar-refractivity contribution in [2.24, 2.45) is 0 Å². The zero-order valence-electron chi connectivity index (χ0n) is 16.0. The first-order valence-electron chi connectivity index (χ1n) is 8.07. The lowest BCUT2D eigenvalue weighted by Crippen LogP contribution is -2.27. The summed E-state index contributed by atoms with van der Waals surface area (Å²) in [5.74, 6) is -0.174. The number of pyridine rings is 1. The van der Waals surface area contributed by atoms with Gasteiger partial charge >= 0.3 is 6.09 Å². The van der Waals surface area contributed by atoms with Crippen molar-refractivity contribution in [2.75, 3.05) is 11.9 Å². The van der Waals surface area contributed by atoms with Gasteiger partial charge in [0.1, 0.15) is 11.4 Å². The van der Waals surface area contributed by atoms with E-state index in [0.717, 1.165) is 0 Å². The summed E-state index contributed by atoms with van der Waals surface area (Å²) in [4.78, 5) is 15.5. The molecule has 0 atom stereocenters. The lowest BCUT2D eigenvalue weighted by atomic mass is 10.2. The molecule has 0 saturated carbocycles.